The number of amides is 3. The summed E-state index contributed by atoms with van der Waals surface area (Å²) in [7, 11) is 3.02. The summed E-state index contributed by atoms with van der Waals surface area (Å²) in [4.78, 5) is 41.9. The first-order valence-corrected chi connectivity index (χ1v) is 7.78. The highest BCUT2D eigenvalue weighted by Gasteiger charge is 2.33. The highest BCUT2D eigenvalue weighted by Crippen LogP contribution is 2.17. The third kappa shape index (κ3) is 4.01. The Hall–Kier alpha value is -2.64. The van der Waals surface area contributed by atoms with E-state index in [1.807, 2.05) is 0 Å². The van der Waals surface area contributed by atoms with Crippen LogP contribution in [0.1, 0.15) is 28.9 Å². The van der Waals surface area contributed by atoms with E-state index >= 15 is 0 Å². The number of hydrogen-bond acceptors (Lipinski definition) is 5. The van der Waals surface area contributed by atoms with E-state index in [0.717, 1.165) is 6.42 Å². The third-order valence-electron chi connectivity index (χ3n) is 3.92. The van der Waals surface area contributed by atoms with E-state index in [-0.39, 0.29) is 24.3 Å². The second-order valence-electron chi connectivity index (χ2n) is 5.58. The number of likely N-dealkylation sites (tertiary alicyclic amines) is 1. The summed E-state index contributed by atoms with van der Waals surface area (Å²) in [5, 5.41) is 5.15. The van der Waals surface area contributed by atoms with E-state index in [1.165, 1.54) is 18.1 Å². The average molecular weight is 334 g/mol. The van der Waals surface area contributed by atoms with Gasteiger partial charge in [0.1, 0.15) is 6.04 Å². The molecule has 2 rings (SSSR count). The van der Waals surface area contributed by atoms with Gasteiger partial charge in [0.05, 0.1) is 13.7 Å². The summed E-state index contributed by atoms with van der Waals surface area (Å²) in [5.74, 6) is -0.498. The minimum atomic E-state index is -0.456. The fraction of sp³-hybridized carbons (Fsp3) is 0.500. The molecule has 1 aliphatic rings. The molecule has 0 bridgehead atoms. The molecule has 1 unspecified atom stereocenters. The molecule has 3 amide bonds. The maximum Gasteiger partial charge on any atom is 0.251 e. The van der Waals surface area contributed by atoms with Gasteiger partial charge in [0.2, 0.25) is 17.7 Å². The number of aryl methyl sites for hydroxylation is 1. The summed E-state index contributed by atoms with van der Waals surface area (Å²) in [6, 6.07) is 2.67. The molecule has 2 N–H and O–H groups in total. The lowest BCUT2D eigenvalue weighted by Crippen LogP contribution is -2.48. The van der Waals surface area contributed by atoms with Gasteiger partial charge in [-0.25, -0.2) is 4.98 Å². The maximum absolute atomic E-state index is 12.3. The first-order valence-electron chi connectivity index (χ1n) is 7.78. The van der Waals surface area contributed by atoms with Crippen LogP contribution >= 0.6 is 0 Å². The third-order valence-corrected chi connectivity index (χ3v) is 3.92. The van der Waals surface area contributed by atoms with Crippen LogP contribution in [-0.2, 0) is 9.59 Å². The molecule has 0 aromatic carbocycles. The SMILES string of the molecule is CNC(=O)C1CCCN1C(=O)CNC(=O)c1cc(C)nc(OC)c1. The van der Waals surface area contributed by atoms with Crippen LogP contribution in [-0.4, -0.2) is 60.9 Å². The summed E-state index contributed by atoms with van der Waals surface area (Å²) in [6.07, 6.45) is 1.42. The second-order valence-corrected chi connectivity index (χ2v) is 5.58. The van der Waals surface area contributed by atoms with Gasteiger partial charge < -0.3 is 20.3 Å². The number of ether oxygens (including phenoxy) is 1. The molecule has 1 aliphatic heterocycles. The van der Waals surface area contributed by atoms with Crippen LogP contribution in [0.25, 0.3) is 0 Å². The number of pyridine rings is 1. The zero-order valence-electron chi connectivity index (χ0n) is 14.1. The minimum Gasteiger partial charge on any atom is -0.481 e. The number of methoxy groups -OCH3 is 1. The zero-order chi connectivity index (χ0) is 17.7. The van der Waals surface area contributed by atoms with Crippen molar-refractivity contribution in [2.24, 2.45) is 0 Å². The van der Waals surface area contributed by atoms with Crippen LogP contribution in [0.4, 0.5) is 0 Å². The Balaban J connectivity index is 1.97. The summed E-state index contributed by atoms with van der Waals surface area (Å²) < 4.78 is 5.03. The Morgan fingerprint density at radius 2 is 2.12 bits per heavy atom. The fourth-order valence-corrected chi connectivity index (χ4v) is 2.74. The van der Waals surface area contributed by atoms with Crippen LogP contribution in [0.5, 0.6) is 5.88 Å². The second kappa shape index (κ2) is 7.76. The average Bonchev–Trinajstić information content (AvgIpc) is 3.07. The predicted octanol–water partition coefficient (Wildman–Crippen LogP) is -0.135. The van der Waals surface area contributed by atoms with Gasteiger partial charge >= 0.3 is 0 Å². The predicted molar refractivity (Wildman–Crippen MR) is 86.7 cm³/mol. The number of rotatable bonds is 5. The van der Waals surface area contributed by atoms with Crippen molar-refractivity contribution in [2.45, 2.75) is 25.8 Å². The zero-order valence-corrected chi connectivity index (χ0v) is 14.1. The van der Waals surface area contributed by atoms with Crippen molar-refractivity contribution in [1.82, 2.24) is 20.5 Å². The molecular formula is C16H22N4O4. The molecule has 1 fully saturated rings. The number of carbonyl (C=O) groups is 3. The largest absolute Gasteiger partial charge is 0.481 e. The smallest absolute Gasteiger partial charge is 0.251 e. The van der Waals surface area contributed by atoms with Gasteiger partial charge in [0.25, 0.3) is 5.91 Å². The molecule has 0 aliphatic carbocycles. The van der Waals surface area contributed by atoms with Crippen LogP contribution in [0.15, 0.2) is 12.1 Å². The van der Waals surface area contributed by atoms with Crippen molar-refractivity contribution < 1.29 is 19.1 Å². The van der Waals surface area contributed by atoms with Gasteiger partial charge in [0.15, 0.2) is 0 Å². The number of carbonyl (C=O) groups excluding carboxylic acids is 3. The van der Waals surface area contributed by atoms with E-state index in [2.05, 4.69) is 15.6 Å². The van der Waals surface area contributed by atoms with Gasteiger partial charge in [-0.3, -0.25) is 14.4 Å². The number of likely N-dealkylation sites (N-methyl/N-ethyl adjacent to an activating group) is 1. The Morgan fingerprint density at radius 1 is 1.38 bits per heavy atom. The van der Waals surface area contributed by atoms with Gasteiger partial charge in [-0.1, -0.05) is 0 Å². The maximum atomic E-state index is 12.3. The van der Waals surface area contributed by atoms with Crippen molar-refractivity contribution in [3.8, 4) is 5.88 Å². The van der Waals surface area contributed by atoms with Crippen LogP contribution in [0.2, 0.25) is 0 Å². The molecule has 1 saturated heterocycles. The minimum absolute atomic E-state index is 0.157. The van der Waals surface area contributed by atoms with E-state index < -0.39 is 6.04 Å². The van der Waals surface area contributed by atoms with E-state index in [4.69, 9.17) is 4.74 Å². The summed E-state index contributed by atoms with van der Waals surface area (Å²) in [5.41, 5.74) is 1.02. The first kappa shape index (κ1) is 17.7. The lowest BCUT2D eigenvalue weighted by atomic mass is 10.2. The topological polar surface area (TPSA) is 101 Å². The normalized spacial score (nSPS) is 16.6. The van der Waals surface area contributed by atoms with Gasteiger partial charge in [-0.15, -0.1) is 0 Å². The summed E-state index contributed by atoms with van der Waals surface area (Å²) >= 11 is 0. The number of hydrogen-bond donors (Lipinski definition) is 2. The Morgan fingerprint density at radius 3 is 2.79 bits per heavy atom. The van der Waals surface area contributed by atoms with Crippen molar-refractivity contribution in [3.63, 3.8) is 0 Å². The number of aromatic nitrogens is 1. The fourth-order valence-electron chi connectivity index (χ4n) is 2.74. The van der Waals surface area contributed by atoms with Crippen LogP contribution in [0.3, 0.4) is 0 Å². The Labute approximate surface area is 140 Å². The highest BCUT2D eigenvalue weighted by molar-refractivity contribution is 5.97. The van der Waals surface area contributed by atoms with Gasteiger partial charge in [0, 0.05) is 30.9 Å². The first-order chi connectivity index (χ1) is 11.5. The Bertz CT molecular complexity index is 647. The van der Waals surface area contributed by atoms with Crippen molar-refractivity contribution in [3.05, 3.63) is 23.4 Å². The van der Waals surface area contributed by atoms with Gasteiger partial charge in [-0.2, -0.15) is 0 Å². The van der Waals surface area contributed by atoms with E-state index in [1.54, 1.807) is 20.0 Å². The molecule has 0 saturated carbocycles. The highest BCUT2D eigenvalue weighted by atomic mass is 16.5. The summed E-state index contributed by atoms with van der Waals surface area (Å²) in [6.45, 7) is 2.12. The van der Waals surface area contributed by atoms with Crippen molar-refractivity contribution in [2.75, 3.05) is 27.2 Å². The lowest BCUT2D eigenvalue weighted by Gasteiger charge is -2.23. The van der Waals surface area contributed by atoms with Crippen molar-refractivity contribution in [1.29, 1.82) is 0 Å². The quantitative estimate of drug-likeness (QED) is 0.781. The molecule has 8 heteroatoms. The molecule has 130 valence electrons. The molecule has 2 heterocycles. The van der Waals surface area contributed by atoms with E-state index in [0.29, 0.717) is 30.1 Å². The molecule has 1 aromatic rings. The van der Waals surface area contributed by atoms with E-state index in [9.17, 15) is 14.4 Å². The Kier molecular flexibility index (Phi) is 5.73. The molecule has 0 spiro atoms. The molecule has 1 aromatic heterocycles. The standard InChI is InChI=1S/C16H22N4O4/c1-10-7-11(8-13(19-10)24-3)15(22)18-9-14(21)20-6-4-5-12(20)16(23)17-2/h7-8,12H,4-6,9H2,1-3H3,(H,17,23)(H,18,22). The molecule has 0 radical (unpaired) electrons. The lowest BCUT2D eigenvalue weighted by molar-refractivity contribution is -0.137. The van der Waals surface area contributed by atoms with Crippen LogP contribution in [0, 0.1) is 6.92 Å². The molecular weight excluding hydrogens is 312 g/mol. The monoisotopic (exact) mass is 334 g/mol. The molecule has 8 nitrogen and oxygen atoms in total. The van der Waals surface area contributed by atoms with Crippen LogP contribution < -0.4 is 15.4 Å². The van der Waals surface area contributed by atoms with Crippen molar-refractivity contribution >= 4 is 17.7 Å². The number of nitrogens with zero attached hydrogens (tertiary/aromatic N) is 2. The molecule has 24 heavy (non-hydrogen) atoms. The number of nitrogens with one attached hydrogen (secondary N) is 2. The molecule has 1 atom stereocenters. The van der Waals surface area contributed by atoms with Gasteiger partial charge in [-0.05, 0) is 25.8 Å².